The molecule has 1 atom stereocenters. The van der Waals surface area contributed by atoms with Crippen LogP contribution in [0.5, 0.6) is 0 Å². The first-order valence-electron chi connectivity index (χ1n) is 8.29. The van der Waals surface area contributed by atoms with E-state index in [0.717, 1.165) is 0 Å². The molecule has 1 aromatic heterocycles. The van der Waals surface area contributed by atoms with E-state index in [1.54, 1.807) is 4.88 Å². The van der Waals surface area contributed by atoms with Gasteiger partial charge in [-0.05, 0) is 34.5 Å². The number of allylic oxidation sites excluding steroid dienone is 6. The Morgan fingerprint density at radius 2 is 1.70 bits per heavy atom. The molecule has 2 aliphatic rings. The van der Waals surface area contributed by atoms with Gasteiger partial charge in [0.25, 0.3) is 0 Å². The van der Waals surface area contributed by atoms with Crippen molar-refractivity contribution in [2.75, 3.05) is 0 Å². The van der Waals surface area contributed by atoms with E-state index >= 15 is 0 Å². The normalized spacial score (nSPS) is 20.1. The highest BCUT2D eigenvalue weighted by Crippen LogP contribution is 2.51. The maximum Gasteiger partial charge on any atom is 0.0717 e. The SMILES string of the molecule is CC1=CC([Si](C)(C)C2C=CC=C2)c2scc(-c3ccccc3)c21. The maximum absolute atomic E-state index is 2.56. The lowest BCUT2D eigenvalue weighted by molar-refractivity contribution is 1.12. The van der Waals surface area contributed by atoms with Crippen LogP contribution in [0.25, 0.3) is 16.7 Å². The summed E-state index contributed by atoms with van der Waals surface area (Å²) in [5.74, 6) is 0. The number of thiophene rings is 1. The van der Waals surface area contributed by atoms with E-state index in [4.69, 9.17) is 0 Å². The molecular formula is C21H22SSi. The molecule has 0 nitrogen and oxygen atoms in total. The van der Waals surface area contributed by atoms with Crippen LogP contribution in [0.1, 0.15) is 22.9 Å². The van der Waals surface area contributed by atoms with E-state index in [1.807, 2.05) is 11.3 Å². The van der Waals surface area contributed by atoms with E-state index in [9.17, 15) is 0 Å². The fraction of sp³-hybridized carbons (Fsp3) is 0.238. The van der Waals surface area contributed by atoms with Gasteiger partial charge in [-0.2, -0.15) is 0 Å². The van der Waals surface area contributed by atoms with Crippen molar-refractivity contribution in [3.63, 3.8) is 0 Å². The van der Waals surface area contributed by atoms with Crippen molar-refractivity contribution < 1.29 is 0 Å². The third kappa shape index (κ3) is 2.32. The van der Waals surface area contributed by atoms with Crippen molar-refractivity contribution in [3.05, 3.63) is 76.5 Å². The zero-order valence-corrected chi connectivity index (χ0v) is 15.7. The van der Waals surface area contributed by atoms with E-state index < -0.39 is 8.07 Å². The van der Waals surface area contributed by atoms with E-state index in [-0.39, 0.29) is 0 Å². The Hall–Kier alpha value is -1.64. The molecule has 1 aromatic carbocycles. The molecule has 0 spiro atoms. The Morgan fingerprint density at radius 1 is 1.00 bits per heavy atom. The predicted molar refractivity (Wildman–Crippen MR) is 106 cm³/mol. The highest BCUT2D eigenvalue weighted by Gasteiger charge is 2.42. The number of benzene rings is 1. The predicted octanol–water partition coefficient (Wildman–Crippen LogP) is 6.66. The molecule has 1 unspecified atom stereocenters. The number of fused-ring (bicyclic) bond motifs is 1. The average molecular weight is 335 g/mol. The molecule has 2 heteroatoms. The quantitative estimate of drug-likeness (QED) is 0.551. The minimum atomic E-state index is -1.46. The molecule has 0 aliphatic heterocycles. The molecule has 0 N–H and O–H groups in total. The minimum Gasteiger partial charge on any atom is -0.147 e. The van der Waals surface area contributed by atoms with Gasteiger partial charge in [0.1, 0.15) is 0 Å². The summed E-state index contributed by atoms with van der Waals surface area (Å²) in [6.45, 7) is 7.38. The third-order valence-corrected chi connectivity index (χ3v) is 10.8. The van der Waals surface area contributed by atoms with Crippen LogP contribution >= 0.6 is 11.3 Å². The van der Waals surface area contributed by atoms with Gasteiger partial charge in [0.05, 0.1) is 8.07 Å². The standard InChI is InChI=1S/C21H22SSi/c1-15-13-19(23(2,3)17-11-7-8-12-17)21-20(15)18(14-22-21)16-9-5-4-6-10-16/h4-14,17,19H,1-3H3. The molecule has 116 valence electrons. The largest absolute Gasteiger partial charge is 0.147 e. The van der Waals surface area contributed by atoms with Crippen molar-refractivity contribution in [1.29, 1.82) is 0 Å². The third-order valence-electron chi connectivity index (χ3n) is 5.41. The molecule has 0 fully saturated rings. The first-order valence-corrected chi connectivity index (χ1v) is 12.3. The Kier molecular flexibility index (Phi) is 3.55. The van der Waals surface area contributed by atoms with Crippen molar-refractivity contribution in [2.45, 2.75) is 31.1 Å². The second kappa shape index (κ2) is 5.47. The summed E-state index contributed by atoms with van der Waals surface area (Å²) in [5.41, 5.74) is 7.04. The lowest BCUT2D eigenvalue weighted by Crippen LogP contribution is -2.36. The van der Waals surface area contributed by atoms with Crippen LogP contribution in [0.15, 0.2) is 66.1 Å². The lowest BCUT2D eigenvalue weighted by Gasteiger charge is -2.32. The van der Waals surface area contributed by atoms with Crippen LogP contribution in [-0.4, -0.2) is 8.07 Å². The van der Waals surface area contributed by atoms with Gasteiger partial charge in [0.2, 0.25) is 0 Å². The molecule has 0 amide bonds. The fourth-order valence-electron chi connectivity index (χ4n) is 3.94. The van der Waals surface area contributed by atoms with Crippen LogP contribution in [0.2, 0.25) is 18.6 Å². The van der Waals surface area contributed by atoms with Gasteiger partial charge in [0, 0.05) is 16.0 Å². The Bertz CT molecular complexity index is 809. The first-order chi connectivity index (χ1) is 11.1. The van der Waals surface area contributed by atoms with Crippen LogP contribution in [0.3, 0.4) is 0 Å². The smallest absolute Gasteiger partial charge is 0.0717 e. The molecule has 0 saturated heterocycles. The van der Waals surface area contributed by atoms with Crippen molar-refractivity contribution in [3.8, 4) is 11.1 Å². The molecule has 2 aromatic rings. The Morgan fingerprint density at radius 3 is 2.39 bits per heavy atom. The van der Waals surface area contributed by atoms with E-state index in [1.165, 1.54) is 22.3 Å². The van der Waals surface area contributed by atoms with Crippen molar-refractivity contribution >= 4 is 25.0 Å². The van der Waals surface area contributed by atoms with Crippen LogP contribution in [-0.2, 0) is 0 Å². The van der Waals surface area contributed by atoms with Crippen LogP contribution in [0.4, 0.5) is 0 Å². The molecule has 0 radical (unpaired) electrons. The summed E-state index contributed by atoms with van der Waals surface area (Å²) in [6.07, 6.45) is 11.8. The minimum absolute atomic E-state index is 0.636. The van der Waals surface area contributed by atoms with Crippen molar-refractivity contribution in [2.24, 2.45) is 0 Å². The summed E-state index contributed by atoms with van der Waals surface area (Å²) >= 11 is 1.97. The Balaban J connectivity index is 1.78. The molecule has 23 heavy (non-hydrogen) atoms. The van der Waals surface area contributed by atoms with Gasteiger partial charge in [-0.3, -0.25) is 0 Å². The topological polar surface area (TPSA) is 0 Å². The number of hydrogen-bond donors (Lipinski definition) is 0. The highest BCUT2D eigenvalue weighted by atomic mass is 32.1. The molecular weight excluding hydrogens is 312 g/mol. The molecule has 0 bridgehead atoms. The summed E-state index contributed by atoms with van der Waals surface area (Å²) in [7, 11) is -1.46. The monoisotopic (exact) mass is 334 g/mol. The van der Waals surface area contributed by atoms with Crippen LogP contribution < -0.4 is 0 Å². The van der Waals surface area contributed by atoms with Gasteiger partial charge < -0.3 is 0 Å². The van der Waals surface area contributed by atoms with Gasteiger partial charge >= 0.3 is 0 Å². The zero-order chi connectivity index (χ0) is 16.0. The summed E-state index contributed by atoms with van der Waals surface area (Å²) in [4.78, 5) is 1.60. The molecule has 0 saturated carbocycles. The van der Waals surface area contributed by atoms with Gasteiger partial charge in [-0.15, -0.1) is 11.3 Å². The highest BCUT2D eigenvalue weighted by molar-refractivity contribution is 7.11. The van der Waals surface area contributed by atoms with E-state index in [2.05, 4.69) is 86.1 Å². The summed E-state index contributed by atoms with van der Waals surface area (Å²) in [6, 6.07) is 10.8. The fourth-order valence-corrected chi connectivity index (χ4v) is 9.28. The van der Waals surface area contributed by atoms with Gasteiger partial charge in [0.15, 0.2) is 0 Å². The van der Waals surface area contributed by atoms with Crippen molar-refractivity contribution in [1.82, 2.24) is 0 Å². The second-order valence-electron chi connectivity index (χ2n) is 7.20. The van der Waals surface area contributed by atoms with E-state index in [0.29, 0.717) is 11.1 Å². The number of rotatable bonds is 3. The zero-order valence-electron chi connectivity index (χ0n) is 13.9. The molecule has 2 aliphatic carbocycles. The maximum atomic E-state index is 2.56. The van der Waals surface area contributed by atoms with Gasteiger partial charge in [-0.1, -0.05) is 73.8 Å². The number of hydrogen-bond acceptors (Lipinski definition) is 1. The second-order valence-corrected chi connectivity index (χ2v) is 13.0. The molecule has 1 heterocycles. The average Bonchev–Trinajstić information content (AvgIpc) is 3.26. The summed E-state index contributed by atoms with van der Waals surface area (Å²) in [5, 5.41) is 2.37. The molecule has 4 rings (SSSR count). The van der Waals surface area contributed by atoms with Gasteiger partial charge in [-0.25, -0.2) is 0 Å². The first kappa shape index (κ1) is 14.9. The Labute approximate surface area is 143 Å². The summed E-state index contributed by atoms with van der Waals surface area (Å²) < 4.78 is 0. The lowest BCUT2D eigenvalue weighted by atomic mass is 10.0. The van der Waals surface area contributed by atoms with Crippen LogP contribution in [0, 0.1) is 0 Å².